The Morgan fingerprint density at radius 1 is 1.20 bits per heavy atom. The average molecular weight is 331 g/mol. The highest BCUT2D eigenvalue weighted by molar-refractivity contribution is 9.10. The van der Waals surface area contributed by atoms with Crippen LogP contribution in [0.3, 0.4) is 0 Å². The van der Waals surface area contributed by atoms with Crippen LogP contribution in [0.25, 0.3) is 11.6 Å². The molecule has 0 saturated heterocycles. The first-order valence-corrected chi connectivity index (χ1v) is 6.79. The Morgan fingerprint density at radius 3 is 2.85 bits per heavy atom. The third-order valence-corrected chi connectivity index (χ3v) is 3.22. The predicted molar refractivity (Wildman–Crippen MR) is 78.9 cm³/mol. The van der Waals surface area contributed by atoms with Gasteiger partial charge in [-0.1, -0.05) is 33.2 Å². The van der Waals surface area contributed by atoms with Crippen molar-refractivity contribution in [1.82, 2.24) is 15.1 Å². The quantitative estimate of drug-likeness (QED) is 0.798. The fraction of sp³-hybridized carbons (Fsp3) is 0.0714. The molecule has 0 radical (unpaired) electrons. The Morgan fingerprint density at radius 2 is 2.10 bits per heavy atom. The number of hydrogen-bond donors (Lipinski definition) is 1. The van der Waals surface area contributed by atoms with Crippen molar-refractivity contribution in [3.8, 4) is 11.6 Å². The summed E-state index contributed by atoms with van der Waals surface area (Å²) < 4.78 is 6.24. The van der Waals surface area contributed by atoms with Crippen LogP contribution >= 0.6 is 15.9 Å². The Labute approximate surface area is 124 Å². The Bertz CT molecular complexity index is 724. The highest BCUT2D eigenvalue weighted by atomic mass is 79.9. The van der Waals surface area contributed by atoms with Gasteiger partial charge >= 0.3 is 0 Å². The van der Waals surface area contributed by atoms with E-state index in [2.05, 4.69) is 31.1 Å². The van der Waals surface area contributed by atoms with Gasteiger partial charge in [0.2, 0.25) is 0 Å². The van der Waals surface area contributed by atoms with Crippen LogP contribution in [-0.2, 0) is 6.42 Å². The van der Waals surface area contributed by atoms with E-state index >= 15 is 0 Å². The van der Waals surface area contributed by atoms with Gasteiger partial charge in [-0.15, -0.1) is 0 Å². The van der Waals surface area contributed by atoms with Gasteiger partial charge in [-0.3, -0.25) is 0 Å². The molecular weight excluding hydrogens is 320 g/mol. The molecule has 0 bridgehead atoms. The molecule has 0 fully saturated rings. The van der Waals surface area contributed by atoms with Gasteiger partial charge in [-0.05, 0) is 29.8 Å². The van der Waals surface area contributed by atoms with Crippen LogP contribution in [0.1, 0.15) is 11.4 Å². The molecule has 5 nitrogen and oxygen atoms in total. The van der Waals surface area contributed by atoms with Crippen LogP contribution in [0.4, 0.5) is 5.69 Å². The largest absolute Gasteiger partial charge is 0.397 e. The zero-order chi connectivity index (χ0) is 13.9. The summed E-state index contributed by atoms with van der Waals surface area (Å²) in [6.45, 7) is 0. The summed E-state index contributed by atoms with van der Waals surface area (Å²) >= 11 is 3.44. The van der Waals surface area contributed by atoms with Crippen LogP contribution in [0.5, 0.6) is 0 Å². The number of hydrogen-bond acceptors (Lipinski definition) is 5. The number of halogens is 1. The van der Waals surface area contributed by atoms with Gasteiger partial charge in [0, 0.05) is 10.9 Å². The maximum absolute atomic E-state index is 5.59. The van der Waals surface area contributed by atoms with Crippen molar-refractivity contribution < 1.29 is 4.52 Å². The lowest BCUT2D eigenvalue weighted by Gasteiger charge is -1.97. The molecule has 6 heteroatoms. The first kappa shape index (κ1) is 12.8. The minimum atomic E-state index is 0.398. The molecule has 2 heterocycles. The molecule has 0 aliphatic rings. The summed E-state index contributed by atoms with van der Waals surface area (Å²) in [5.41, 5.74) is 7.92. The monoisotopic (exact) mass is 330 g/mol. The topological polar surface area (TPSA) is 77.8 Å². The molecule has 3 aromatic rings. The summed E-state index contributed by atoms with van der Waals surface area (Å²) in [7, 11) is 0. The Kier molecular flexibility index (Phi) is 3.47. The van der Waals surface area contributed by atoms with Crippen molar-refractivity contribution in [1.29, 1.82) is 0 Å². The van der Waals surface area contributed by atoms with Crippen molar-refractivity contribution in [3.63, 3.8) is 0 Å². The summed E-state index contributed by atoms with van der Waals surface area (Å²) in [5, 5.41) is 3.97. The SMILES string of the molecule is Nc1ccc(-c2nc(Cc3cccc(Br)c3)no2)nc1. The molecular formula is C14H11BrN4O. The standard InChI is InChI=1S/C14H11BrN4O/c15-10-3-1-2-9(6-10)7-13-18-14(20-19-13)12-5-4-11(16)8-17-12/h1-6,8H,7,16H2. The molecule has 0 atom stereocenters. The van der Waals surface area contributed by atoms with E-state index in [0.717, 1.165) is 10.0 Å². The van der Waals surface area contributed by atoms with E-state index in [0.29, 0.717) is 29.5 Å². The second-order valence-corrected chi connectivity index (χ2v) is 5.21. The first-order valence-electron chi connectivity index (χ1n) is 5.99. The normalized spacial score (nSPS) is 10.7. The van der Waals surface area contributed by atoms with Gasteiger partial charge in [0.25, 0.3) is 5.89 Å². The van der Waals surface area contributed by atoms with Crippen LogP contribution in [0.15, 0.2) is 51.6 Å². The van der Waals surface area contributed by atoms with Crippen molar-refractivity contribution in [2.45, 2.75) is 6.42 Å². The second kappa shape index (κ2) is 5.42. The molecule has 2 aromatic heterocycles. The van der Waals surface area contributed by atoms with Crippen LogP contribution in [-0.4, -0.2) is 15.1 Å². The number of rotatable bonds is 3. The van der Waals surface area contributed by atoms with Gasteiger partial charge in [0.05, 0.1) is 11.9 Å². The first-order chi connectivity index (χ1) is 9.70. The molecule has 0 unspecified atom stereocenters. The molecule has 2 N–H and O–H groups in total. The van der Waals surface area contributed by atoms with Crippen molar-refractivity contribution in [3.05, 3.63) is 58.5 Å². The predicted octanol–water partition coefficient (Wildman–Crippen LogP) is 3.07. The number of anilines is 1. The Hall–Kier alpha value is -2.21. The highest BCUT2D eigenvalue weighted by Gasteiger charge is 2.10. The zero-order valence-electron chi connectivity index (χ0n) is 10.5. The number of nitrogen functional groups attached to an aromatic ring is 1. The van der Waals surface area contributed by atoms with Gasteiger partial charge in [-0.2, -0.15) is 4.98 Å². The van der Waals surface area contributed by atoms with E-state index in [1.165, 1.54) is 0 Å². The van der Waals surface area contributed by atoms with E-state index in [1.54, 1.807) is 18.3 Å². The van der Waals surface area contributed by atoms with E-state index in [9.17, 15) is 0 Å². The number of nitrogens with zero attached hydrogens (tertiary/aromatic N) is 3. The van der Waals surface area contributed by atoms with Crippen molar-refractivity contribution >= 4 is 21.6 Å². The van der Waals surface area contributed by atoms with Gasteiger partial charge < -0.3 is 10.3 Å². The van der Waals surface area contributed by atoms with E-state index in [-0.39, 0.29) is 0 Å². The van der Waals surface area contributed by atoms with Crippen LogP contribution in [0.2, 0.25) is 0 Å². The molecule has 20 heavy (non-hydrogen) atoms. The van der Waals surface area contributed by atoms with Crippen molar-refractivity contribution in [2.24, 2.45) is 0 Å². The smallest absolute Gasteiger partial charge is 0.276 e. The third kappa shape index (κ3) is 2.85. The summed E-state index contributed by atoms with van der Waals surface area (Å²) in [5.74, 6) is 1.02. The zero-order valence-corrected chi connectivity index (χ0v) is 12.0. The molecule has 1 aromatic carbocycles. The number of nitrogens with two attached hydrogens (primary N) is 1. The van der Waals surface area contributed by atoms with Gasteiger partial charge in [-0.25, -0.2) is 4.98 Å². The lowest BCUT2D eigenvalue weighted by atomic mass is 10.1. The highest BCUT2D eigenvalue weighted by Crippen LogP contribution is 2.18. The van der Waals surface area contributed by atoms with Gasteiger partial charge in [0.15, 0.2) is 5.82 Å². The number of benzene rings is 1. The fourth-order valence-corrected chi connectivity index (χ4v) is 2.24. The number of aromatic nitrogens is 3. The molecule has 100 valence electrons. The summed E-state index contributed by atoms with van der Waals surface area (Å²) in [6.07, 6.45) is 2.17. The summed E-state index contributed by atoms with van der Waals surface area (Å²) in [6, 6.07) is 11.5. The van der Waals surface area contributed by atoms with Crippen LogP contribution in [0, 0.1) is 0 Å². The van der Waals surface area contributed by atoms with E-state index < -0.39 is 0 Å². The third-order valence-electron chi connectivity index (χ3n) is 2.72. The fourth-order valence-electron chi connectivity index (χ4n) is 1.79. The molecule has 0 spiro atoms. The maximum atomic E-state index is 5.59. The second-order valence-electron chi connectivity index (χ2n) is 4.30. The van der Waals surface area contributed by atoms with Crippen LogP contribution < -0.4 is 5.73 Å². The summed E-state index contributed by atoms with van der Waals surface area (Å²) in [4.78, 5) is 8.49. The number of pyridine rings is 1. The average Bonchev–Trinajstić information content (AvgIpc) is 2.88. The Balaban J connectivity index is 1.82. The molecule has 0 aliphatic heterocycles. The maximum Gasteiger partial charge on any atom is 0.276 e. The molecule has 0 aliphatic carbocycles. The van der Waals surface area contributed by atoms with Crippen molar-refractivity contribution in [2.75, 3.05) is 5.73 Å². The molecule has 0 amide bonds. The lowest BCUT2D eigenvalue weighted by Crippen LogP contribution is -1.91. The van der Waals surface area contributed by atoms with Gasteiger partial charge in [0.1, 0.15) is 5.69 Å². The molecule has 3 rings (SSSR count). The van der Waals surface area contributed by atoms with E-state index in [4.69, 9.17) is 10.3 Å². The minimum absolute atomic E-state index is 0.398. The van der Waals surface area contributed by atoms with E-state index in [1.807, 2.05) is 24.3 Å². The lowest BCUT2D eigenvalue weighted by molar-refractivity contribution is 0.422. The molecule has 0 saturated carbocycles. The minimum Gasteiger partial charge on any atom is -0.397 e.